The molecule has 0 aliphatic rings. The molecular formula is C6H14FN. The second kappa shape index (κ2) is 3.84. The second-order valence-electron chi connectivity index (χ2n) is 2.34. The Morgan fingerprint density at radius 2 is 1.88 bits per heavy atom. The minimum atomic E-state index is -0.252. The van der Waals surface area contributed by atoms with E-state index in [2.05, 4.69) is 0 Å². The molecule has 0 heterocycles. The van der Waals surface area contributed by atoms with E-state index in [1.807, 2.05) is 13.8 Å². The quantitative estimate of drug-likeness (QED) is 0.593. The lowest BCUT2D eigenvalue weighted by atomic mass is 9.98. The van der Waals surface area contributed by atoms with Crippen molar-refractivity contribution in [3.63, 3.8) is 0 Å². The Bertz CT molecular complexity index is 48.5. The molecule has 0 saturated heterocycles. The average Bonchev–Trinajstić information content (AvgIpc) is 1.84. The maximum atomic E-state index is 11.8. The summed E-state index contributed by atoms with van der Waals surface area (Å²) >= 11 is 0. The van der Waals surface area contributed by atoms with Crippen LogP contribution in [-0.4, -0.2) is 13.2 Å². The number of alkyl halides is 1. The molecule has 8 heavy (non-hydrogen) atoms. The van der Waals surface area contributed by atoms with Gasteiger partial charge in [-0.2, -0.15) is 0 Å². The Morgan fingerprint density at radius 3 is 2.00 bits per heavy atom. The maximum Gasteiger partial charge on any atom is 0.0922 e. The van der Waals surface area contributed by atoms with Gasteiger partial charge in [-0.1, -0.05) is 13.8 Å². The summed E-state index contributed by atoms with van der Waals surface area (Å²) in [6, 6.07) is 0. The van der Waals surface area contributed by atoms with Crippen LogP contribution < -0.4 is 5.73 Å². The molecule has 50 valence electrons. The molecule has 0 bridgehead atoms. The Balaban J connectivity index is 3.29. The molecule has 2 unspecified atom stereocenters. The number of hydrogen-bond donors (Lipinski definition) is 1. The molecule has 2 heteroatoms. The van der Waals surface area contributed by atoms with E-state index in [0.717, 1.165) is 0 Å². The zero-order valence-electron chi connectivity index (χ0n) is 5.52. The summed E-state index contributed by atoms with van der Waals surface area (Å²) in [6.07, 6.45) is 0. The minimum Gasteiger partial charge on any atom is -0.330 e. The summed E-state index contributed by atoms with van der Waals surface area (Å²) in [4.78, 5) is 0. The zero-order valence-corrected chi connectivity index (χ0v) is 5.52. The van der Waals surface area contributed by atoms with E-state index in [0.29, 0.717) is 12.5 Å². The highest BCUT2D eigenvalue weighted by Crippen LogP contribution is 2.08. The number of nitrogens with two attached hydrogens (primary N) is 1. The van der Waals surface area contributed by atoms with Gasteiger partial charge in [-0.05, 0) is 18.4 Å². The van der Waals surface area contributed by atoms with Crippen molar-refractivity contribution in [2.45, 2.75) is 13.8 Å². The van der Waals surface area contributed by atoms with Crippen LogP contribution in [0.1, 0.15) is 13.8 Å². The van der Waals surface area contributed by atoms with E-state index >= 15 is 0 Å². The molecule has 0 aromatic carbocycles. The predicted molar refractivity (Wildman–Crippen MR) is 33.4 cm³/mol. The van der Waals surface area contributed by atoms with Crippen molar-refractivity contribution >= 4 is 0 Å². The first-order chi connectivity index (χ1) is 3.72. The van der Waals surface area contributed by atoms with Gasteiger partial charge in [0.2, 0.25) is 0 Å². The van der Waals surface area contributed by atoms with Crippen LogP contribution in [0.15, 0.2) is 0 Å². The molecule has 0 amide bonds. The Labute approximate surface area is 50.1 Å². The highest BCUT2D eigenvalue weighted by atomic mass is 19.1. The van der Waals surface area contributed by atoms with Gasteiger partial charge in [-0.3, -0.25) is 4.39 Å². The lowest BCUT2D eigenvalue weighted by Gasteiger charge is -2.12. The molecule has 0 saturated carbocycles. The predicted octanol–water partition coefficient (Wildman–Crippen LogP) is 1.19. The van der Waals surface area contributed by atoms with Crippen molar-refractivity contribution in [3.05, 3.63) is 0 Å². The van der Waals surface area contributed by atoms with E-state index < -0.39 is 0 Å². The fourth-order valence-corrected chi connectivity index (χ4v) is 0.384. The molecule has 0 aromatic heterocycles. The van der Waals surface area contributed by atoms with Crippen molar-refractivity contribution in [3.8, 4) is 0 Å². The molecule has 2 atom stereocenters. The summed E-state index contributed by atoms with van der Waals surface area (Å²) in [5.41, 5.74) is 5.28. The highest BCUT2D eigenvalue weighted by Gasteiger charge is 2.08. The van der Waals surface area contributed by atoms with Crippen molar-refractivity contribution in [2.24, 2.45) is 17.6 Å². The van der Waals surface area contributed by atoms with Crippen molar-refractivity contribution in [1.82, 2.24) is 0 Å². The van der Waals surface area contributed by atoms with E-state index in [1.165, 1.54) is 0 Å². The number of rotatable bonds is 3. The third-order valence-corrected chi connectivity index (χ3v) is 1.59. The summed E-state index contributed by atoms with van der Waals surface area (Å²) in [5.74, 6) is 0.444. The number of hydrogen-bond acceptors (Lipinski definition) is 1. The van der Waals surface area contributed by atoms with Gasteiger partial charge in [0.1, 0.15) is 0 Å². The smallest absolute Gasteiger partial charge is 0.0922 e. The Kier molecular flexibility index (Phi) is 3.79. The van der Waals surface area contributed by atoms with E-state index in [4.69, 9.17) is 5.73 Å². The number of halogens is 1. The Hall–Kier alpha value is -0.110. The summed E-state index contributed by atoms with van der Waals surface area (Å²) in [7, 11) is 0. The Morgan fingerprint density at radius 1 is 1.38 bits per heavy atom. The van der Waals surface area contributed by atoms with Crippen LogP contribution in [0.3, 0.4) is 0 Å². The SMILES string of the molecule is CC(CN)C(C)CF. The molecule has 0 fully saturated rings. The molecule has 0 aliphatic carbocycles. The van der Waals surface area contributed by atoms with Crippen LogP contribution in [0.4, 0.5) is 4.39 Å². The highest BCUT2D eigenvalue weighted by molar-refractivity contribution is 4.59. The summed E-state index contributed by atoms with van der Waals surface area (Å²) in [6.45, 7) is 4.17. The molecule has 2 N–H and O–H groups in total. The van der Waals surface area contributed by atoms with Gasteiger partial charge in [0.25, 0.3) is 0 Å². The lowest BCUT2D eigenvalue weighted by Crippen LogP contribution is -2.19. The fourth-order valence-electron chi connectivity index (χ4n) is 0.384. The summed E-state index contributed by atoms with van der Waals surface area (Å²) < 4.78 is 11.8. The van der Waals surface area contributed by atoms with E-state index in [9.17, 15) is 4.39 Å². The van der Waals surface area contributed by atoms with Crippen molar-refractivity contribution < 1.29 is 4.39 Å². The first-order valence-electron chi connectivity index (χ1n) is 2.98. The zero-order chi connectivity index (χ0) is 6.57. The normalized spacial score (nSPS) is 18.0. The van der Waals surface area contributed by atoms with Gasteiger partial charge >= 0.3 is 0 Å². The molecule has 0 rings (SSSR count). The average molecular weight is 119 g/mol. The largest absolute Gasteiger partial charge is 0.330 e. The van der Waals surface area contributed by atoms with Gasteiger partial charge in [-0.25, -0.2) is 0 Å². The fraction of sp³-hybridized carbons (Fsp3) is 1.00. The second-order valence-corrected chi connectivity index (χ2v) is 2.34. The first-order valence-corrected chi connectivity index (χ1v) is 2.98. The van der Waals surface area contributed by atoms with E-state index in [1.54, 1.807) is 0 Å². The van der Waals surface area contributed by atoms with Crippen molar-refractivity contribution in [2.75, 3.05) is 13.2 Å². The van der Waals surface area contributed by atoms with Crippen LogP contribution in [0.5, 0.6) is 0 Å². The van der Waals surface area contributed by atoms with Crippen LogP contribution in [0, 0.1) is 11.8 Å². The topological polar surface area (TPSA) is 26.0 Å². The third kappa shape index (κ3) is 2.26. The van der Waals surface area contributed by atoms with Crippen LogP contribution in [-0.2, 0) is 0 Å². The van der Waals surface area contributed by atoms with Gasteiger partial charge in [0, 0.05) is 0 Å². The maximum absolute atomic E-state index is 11.8. The van der Waals surface area contributed by atoms with Crippen LogP contribution >= 0.6 is 0 Å². The van der Waals surface area contributed by atoms with Gasteiger partial charge in [-0.15, -0.1) is 0 Å². The molecule has 0 aliphatic heterocycles. The van der Waals surface area contributed by atoms with Gasteiger partial charge < -0.3 is 5.73 Å². The minimum absolute atomic E-state index is 0.125. The van der Waals surface area contributed by atoms with Crippen molar-refractivity contribution in [1.29, 1.82) is 0 Å². The monoisotopic (exact) mass is 119 g/mol. The van der Waals surface area contributed by atoms with Gasteiger partial charge in [0.15, 0.2) is 0 Å². The van der Waals surface area contributed by atoms with E-state index in [-0.39, 0.29) is 12.6 Å². The molecule has 0 spiro atoms. The lowest BCUT2D eigenvalue weighted by molar-refractivity contribution is 0.300. The van der Waals surface area contributed by atoms with Gasteiger partial charge in [0.05, 0.1) is 6.67 Å². The van der Waals surface area contributed by atoms with Crippen LogP contribution in [0.25, 0.3) is 0 Å². The molecule has 0 radical (unpaired) electrons. The standard InChI is InChI=1S/C6H14FN/c1-5(3-7)6(2)4-8/h5-6H,3-4,8H2,1-2H3. The van der Waals surface area contributed by atoms with Crippen LogP contribution in [0.2, 0.25) is 0 Å². The first kappa shape index (κ1) is 7.89. The molecule has 0 aromatic rings. The molecule has 1 nitrogen and oxygen atoms in total. The summed E-state index contributed by atoms with van der Waals surface area (Å²) in [5, 5.41) is 0. The third-order valence-electron chi connectivity index (χ3n) is 1.59. The molecular weight excluding hydrogens is 105 g/mol.